The maximum Gasteiger partial charge on any atom is 0.355 e. The molecule has 2 heterocycles. The predicted octanol–water partition coefficient (Wildman–Crippen LogP) is 3.19. The number of benzene rings is 2. The molecule has 0 saturated carbocycles. The SMILES string of the molecule is O=C(OCC(=O)N1CCC(Cc2ccccc2)CC1)C1=NN(c2ccccc2)C(=O)CC1. The third-order valence-corrected chi connectivity index (χ3v) is 5.93. The molecule has 0 unspecified atom stereocenters. The smallest absolute Gasteiger partial charge is 0.355 e. The molecule has 2 aliphatic heterocycles. The lowest BCUT2D eigenvalue weighted by molar-refractivity contribution is -0.147. The van der Waals surface area contributed by atoms with Gasteiger partial charge in [-0.15, -0.1) is 0 Å². The highest BCUT2D eigenvalue weighted by molar-refractivity contribution is 6.38. The number of hydrogen-bond acceptors (Lipinski definition) is 5. The van der Waals surface area contributed by atoms with Crippen molar-refractivity contribution in [2.45, 2.75) is 32.1 Å². The molecule has 7 nitrogen and oxygen atoms in total. The summed E-state index contributed by atoms with van der Waals surface area (Å²) in [6, 6.07) is 19.3. The summed E-state index contributed by atoms with van der Waals surface area (Å²) in [6.07, 6.45) is 3.28. The Balaban J connectivity index is 1.26. The lowest BCUT2D eigenvalue weighted by Gasteiger charge is -2.32. The number of carbonyl (C=O) groups excluding carboxylic acids is 3. The molecule has 1 saturated heterocycles. The summed E-state index contributed by atoms with van der Waals surface area (Å²) in [7, 11) is 0. The van der Waals surface area contributed by atoms with Crippen molar-refractivity contribution in [3.05, 3.63) is 66.2 Å². The third-order valence-electron chi connectivity index (χ3n) is 5.93. The number of amides is 2. The Morgan fingerprint density at radius 3 is 2.28 bits per heavy atom. The molecule has 2 amide bonds. The average Bonchev–Trinajstić information content (AvgIpc) is 2.84. The summed E-state index contributed by atoms with van der Waals surface area (Å²) in [5.41, 5.74) is 2.07. The van der Waals surface area contributed by atoms with Crippen molar-refractivity contribution in [1.29, 1.82) is 0 Å². The van der Waals surface area contributed by atoms with Crippen LogP contribution >= 0.6 is 0 Å². The highest BCUT2D eigenvalue weighted by atomic mass is 16.5. The van der Waals surface area contributed by atoms with Crippen LogP contribution in [0.5, 0.6) is 0 Å². The zero-order chi connectivity index (χ0) is 22.3. The van der Waals surface area contributed by atoms with E-state index < -0.39 is 5.97 Å². The molecule has 2 aliphatic rings. The number of piperidine rings is 1. The summed E-state index contributed by atoms with van der Waals surface area (Å²) in [5, 5.41) is 5.40. The quantitative estimate of drug-likeness (QED) is 0.656. The molecule has 0 aromatic heterocycles. The molecular formula is C25H27N3O4. The number of rotatable bonds is 6. The Morgan fingerprint density at radius 1 is 0.938 bits per heavy atom. The van der Waals surface area contributed by atoms with Gasteiger partial charge in [-0.3, -0.25) is 9.59 Å². The molecule has 7 heteroatoms. The average molecular weight is 434 g/mol. The van der Waals surface area contributed by atoms with Gasteiger partial charge in [0.1, 0.15) is 5.71 Å². The Morgan fingerprint density at radius 2 is 1.59 bits per heavy atom. The van der Waals surface area contributed by atoms with Gasteiger partial charge in [-0.05, 0) is 42.9 Å². The van der Waals surface area contributed by atoms with Gasteiger partial charge < -0.3 is 9.64 Å². The van der Waals surface area contributed by atoms with Crippen LogP contribution in [0.25, 0.3) is 0 Å². The molecule has 0 bridgehead atoms. The van der Waals surface area contributed by atoms with Crippen LogP contribution in [0.1, 0.15) is 31.2 Å². The van der Waals surface area contributed by atoms with Crippen molar-refractivity contribution < 1.29 is 19.1 Å². The van der Waals surface area contributed by atoms with E-state index in [-0.39, 0.29) is 37.0 Å². The highest BCUT2D eigenvalue weighted by Crippen LogP contribution is 2.22. The van der Waals surface area contributed by atoms with Gasteiger partial charge in [-0.25, -0.2) is 9.80 Å². The van der Waals surface area contributed by atoms with Gasteiger partial charge in [0, 0.05) is 25.9 Å². The maximum absolute atomic E-state index is 12.5. The lowest BCUT2D eigenvalue weighted by atomic mass is 9.90. The first-order valence-electron chi connectivity index (χ1n) is 11.0. The molecule has 0 spiro atoms. The number of esters is 1. The number of hydrogen-bond donors (Lipinski definition) is 0. The number of carbonyl (C=O) groups is 3. The molecule has 0 N–H and O–H groups in total. The number of likely N-dealkylation sites (tertiary alicyclic amines) is 1. The van der Waals surface area contributed by atoms with Crippen molar-refractivity contribution in [1.82, 2.24) is 4.90 Å². The Hall–Kier alpha value is -3.48. The van der Waals surface area contributed by atoms with Crippen LogP contribution in [0.2, 0.25) is 0 Å². The molecular weight excluding hydrogens is 406 g/mol. The number of anilines is 1. The van der Waals surface area contributed by atoms with Crippen LogP contribution in [-0.2, 0) is 25.5 Å². The van der Waals surface area contributed by atoms with Crippen molar-refractivity contribution in [2.24, 2.45) is 11.0 Å². The first-order valence-corrected chi connectivity index (χ1v) is 11.0. The number of ether oxygens (including phenoxy) is 1. The summed E-state index contributed by atoms with van der Waals surface area (Å²) in [5.74, 6) is -0.459. The van der Waals surface area contributed by atoms with E-state index in [1.807, 2.05) is 24.3 Å². The maximum atomic E-state index is 12.5. The molecule has 0 radical (unpaired) electrons. The van der Waals surface area contributed by atoms with Crippen LogP contribution < -0.4 is 5.01 Å². The second-order valence-corrected chi connectivity index (χ2v) is 8.18. The van der Waals surface area contributed by atoms with E-state index >= 15 is 0 Å². The fraction of sp³-hybridized carbons (Fsp3) is 0.360. The fourth-order valence-electron chi connectivity index (χ4n) is 4.11. The molecule has 166 valence electrons. The largest absolute Gasteiger partial charge is 0.451 e. The van der Waals surface area contributed by atoms with E-state index in [2.05, 4.69) is 17.2 Å². The molecule has 2 aromatic carbocycles. The van der Waals surface area contributed by atoms with E-state index in [1.165, 1.54) is 10.6 Å². The van der Waals surface area contributed by atoms with Crippen LogP contribution in [0, 0.1) is 5.92 Å². The Kier molecular flexibility index (Phi) is 6.94. The minimum Gasteiger partial charge on any atom is -0.451 e. The second kappa shape index (κ2) is 10.2. The Labute approximate surface area is 187 Å². The topological polar surface area (TPSA) is 79.3 Å². The van der Waals surface area contributed by atoms with Crippen molar-refractivity contribution in [3.63, 3.8) is 0 Å². The van der Waals surface area contributed by atoms with Gasteiger partial charge in [0.25, 0.3) is 5.91 Å². The minimum absolute atomic E-state index is 0.155. The Bertz CT molecular complexity index is 983. The van der Waals surface area contributed by atoms with Crippen molar-refractivity contribution >= 4 is 29.2 Å². The molecule has 0 aliphatic carbocycles. The van der Waals surface area contributed by atoms with Gasteiger partial charge in [0.15, 0.2) is 6.61 Å². The van der Waals surface area contributed by atoms with E-state index in [4.69, 9.17) is 4.74 Å². The summed E-state index contributed by atoms with van der Waals surface area (Å²) < 4.78 is 5.24. The summed E-state index contributed by atoms with van der Waals surface area (Å²) in [6.45, 7) is 1.04. The van der Waals surface area contributed by atoms with Crippen molar-refractivity contribution in [3.8, 4) is 0 Å². The molecule has 32 heavy (non-hydrogen) atoms. The van der Waals surface area contributed by atoms with Gasteiger partial charge >= 0.3 is 5.97 Å². The molecule has 1 fully saturated rings. The predicted molar refractivity (Wildman–Crippen MR) is 121 cm³/mol. The van der Waals surface area contributed by atoms with Crippen LogP contribution in [-0.4, -0.2) is 48.1 Å². The fourth-order valence-corrected chi connectivity index (χ4v) is 4.11. The first kappa shape index (κ1) is 21.7. The van der Waals surface area contributed by atoms with Crippen molar-refractivity contribution in [2.75, 3.05) is 24.7 Å². The second-order valence-electron chi connectivity index (χ2n) is 8.18. The van der Waals surface area contributed by atoms with Gasteiger partial charge in [0.2, 0.25) is 5.91 Å². The number of para-hydroxylation sites is 1. The molecule has 4 rings (SSSR count). The van der Waals surface area contributed by atoms with Gasteiger partial charge in [-0.2, -0.15) is 5.10 Å². The van der Waals surface area contributed by atoms with Gasteiger partial charge in [-0.1, -0.05) is 48.5 Å². The molecule has 0 atom stereocenters. The standard InChI is InChI=1S/C25H27N3O4/c29-23-12-11-22(26-28(23)21-9-5-2-6-10-21)25(31)32-18-24(30)27-15-13-20(14-16-27)17-19-7-3-1-4-8-19/h1-10,20H,11-18H2. The van der Waals surface area contributed by atoms with E-state index in [0.29, 0.717) is 24.7 Å². The molecule has 2 aromatic rings. The minimum atomic E-state index is -0.647. The van der Waals surface area contributed by atoms with Crippen LogP contribution in [0.4, 0.5) is 5.69 Å². The van der Waals surface area contributed by atoms with Crippen LogP contribution in [0.3, 0.4) is 0 Å². The normalized spacial score (nSPS) is 17.1. The van der Waals surface area contributed by atoms with Crippen LogP contribution in [0.15, 0.2) is 65.8 Å². The number of nitrogens with zero attached hydrogens (tertiary/aromatic N) is 3. The lowest BCUT2D eigenvalue weighted by Crippen LogP contribution is -2.42. The summed E-state index contributed by atoms with van der Waals surface area (Å²) in [4.78, 5) is 38.9. The monoisotopic (exact) mass is 433 g/mol. The zero-order valence-electron chi connectivity index (χ0n) is 18.0. The number of hydrazone groups is 1. The highest BCUT2D eigenvalue weighted by Gasteiger charge is 2.28. The zero-order valence-corrected chi connectivity index (χ0v) is 18.0. The summed E-state index contributed by atoms with van der Waals surface area (Å²) >= 11 is 0. The first-order chi connectivity index (χ1) is 15.6. The van der Waals surface area contributed by atoms with Gasteiger partial charge in [0.05, 0.1) is 5.69 Å². The van der Waals surface area contributed by atoms with E-state index in [1.54, 1.807) is 29.2 Å². The third kappa shape index (κ3) is 5.41. The van der Waals surface area contributed by atoms with E-state index in [0.717, 1.165) is 19.3 Å². The van der Waals surface area contributed by atoms with E-state index in [9.17, 15) is 14.4 Å².